The van der Waals surface area contributed by atoms with Crippen molar-refractivity contribution in [3.05, 3.63) is 21.1 Å². The lowest BCUT2D eigenvalue weighted by atomic mass is 9.84. The molecule has 0 heterocycles. The molecule has 0 aromatic rings. The molecule has 0 bridgehead atoms. The third-order valence-corrected chi connectivity index (χ3v) is 3.73. The Morgan fingerprint density at radius 1 is 1.43 bits per heavy atom. The van der Waals surface area contributed by atoms with Crippen molar-refractivity contribution in [2.45, 2.75) is 25.9 Å². The summed E-state index contributed by atoms with van der Waals surface area (Å²) in [7, 11) is 0. The van der Waals surface area contributed by atoms with Crippen molar-refractivity contribution in [3.63, 3.8) is 0 Å². The summed E-state index contributed by atoms with van der Waals surface area (Å²) in [6.07, 6.45) is 3.97. The molecule has 0 aromatic heterocycles. The van der Waals surface area contributed by atoms with Gasteiger partial charge in [-0.2, -0.15) is 0 Å². The molecule has 1 aliphatic rings. The van der Waals surface area contributed by atoms with Gasteiger partial charge in [0.25, 0.3) is 0 Å². The van der Waals surface area contributed by atoms with Crippen molar-refractivity contribution in [1.82, 2.24) is 0 Å². The van der Waals surface area contributed by atoms with Crippen LogP contribution in [0.5, 0.6) is 0 Å². The third kappa shape index (κ3) is 2.18. The molecule has 14 heavy (non-hydrogen) atoms. The number of hydrogen-bond donors (Lipinski definition) is 1. The summed E-state index contributed by atoms with van der Waals surface area (Å²) in [5.41, 5.74) is -1.03. The first kappa shape index (κ1) is 12.1. The smallest absolute Gasteiger partial charge is 0.206 e. The van der Waals surface area contributed by atoms with Crippen molar-refractivity contribution in [2.24, 2.45) is 5.92 Å². The fourth-order valence-corrected chi connectivity index (χ4v) is 2.73. The number of hydrogen-bond acceptors (Lipinski definition) is 2. The minimum atomic E-state index is -1.03. The molecule has 0 amide bonds. The van der Waals surface area contributed by atoms with Crippen LogP contribution in [0.4, 0.5) is 0 Å². The van der Waals surface area contributed by atoms with Gasteiger partial charge < -0.3 is 5.11 Å². The van der Waals surface area contributed by atoms with Crippen LogP contribution in [0.3, 0.4) is 0 Å². The summed E-state index contributed by atoms with van der Waals surface area (Å²) < 4.78 is 0.823. The highest BCUT2D eigenvalue weighted by Crippen LogP contribution is 2.34. The Kier molecular flexibility index (Phi) is 3.72. The Labute approximate surface area is 100 Å². The van der Waals surface area contributed by atoms with E-state index in [0.29, 0.717) is 8.96 Å². The lowest BCUT2D eigenvalue weighted by molar-refractivity contribution is -0.111. The van der Waals surface area contributed by atoms with Crippen molar-refractivity contribution < 1.29 is 9.90 Å². The summed E-state index contributed by atoms with van der Waals surface area (Å²) in [6.45, 7) is 3.95. The van der Waals surface area contributed by atoms with Crippen molar-refractivity contribution in [2.75, 3.05) is 0 Å². The molecule has 0 spiro atoms. The second-order valence-electron chi connectivity index (χ2n) is 3.51. The maximum atomic E-state index is 11.4. The lowest BCUT2D eigenvalue weighted by Gasteiger charge is -2.30. The van der Waals surface area contributed by atoms with Crippen LogP contribution >= 0.6 is 31.9 Å². The van der Waals surface area contributed by atoms with Crippen LogP contribution in [-0.2, 0) is 4.79 Å². The van der Waals surface area contributed by atoms with Crippen LogP contribution < -0.4 is 0 Å². The van der Waals surface area contributed by atoms with Crippen molar-refractivity contribution >= 4 is 37.6 Å². The highest BCUT2D eigenvalue weighted by atomic mass is 79.9. The summed E-state index contributed by atoms with van der Waals surface area (Å²) in [5, 5.41) is 10.2. The van der Waals surface area contributed by atoms with Crippen molar-refractivity contribution in [1.29, 1.82) is 0 Å². The molecule has 2 nitrogen and oxygen atoms in total. The Bertz CT molecular complexity index is 296. The standard InChI is InChI=1S/C10H12Br2O2/c1-3-6(2)10(14)4-7(11)9(13)8(12)5-10/h4-6,14H,3H2,1-2H3. The zero-order chi connectivity index (χ0) is 10.9. The first-order valence-corrected chi connectivity index (χ1v) is 6.03. The summed E-state index contributed by atoms with van der Waals surface area (Å²) in [5.74, 6) is -0.0475. The van der Waals surface area contributed by atoms with Crippen LogP contribution in [0.1, 0.15) is 20.3 Å². The lowest BCUT2D eigenvalue weighted by Crippen LogP contribution is -2.35. The van der Waals surface area contributed by atoms with E-state index >= 15 is 0 Å². The number of aliphatic hydroxyl groups is 1. The molecule has 1 aliphatic carbocycles. The number of rotatable bonds is 2. The molecule has 0 radical (unpaired) electrons. The van der Waals surface area contributed by atoms with Gasteiger partial charge in [0.1, 0.15) is 5.60 Å². The van der Waals surface area contributed by atoms with E-state index in [9.17, 15) is 9.90 Å². The number of allylic oxidation sites excluding steroid dienone is 2. The van der Waals surface area contributed by atoms with E-state index in [2.05, 4.69) is 31.9 Å². The zero-order valence-corrected chi connectivity index (χ0v) is 11.2. The predicted octanol–water partition coefficient (Wildman–Crippen LogP) is 2.90. The average Bonchev–Trinajstić information content (AvgIpc) is 2.12. The van der Waals surface area contributed by atoms with E-state index in [0.717, 1.165) is 6.42 Å². The van der Waals surface area contributed by atoms with Gasteiger partial charge in [-0.3, -0.25) is 4.79 Å². The number of ketones is 1. The molecule has 0 fully saturated rings. The Hall–Kier alpha value is 0.0700. The quantitative estimate of drug-likeness (QED) is 0.848. The SMILES string of the molecule is CCC(C)C1(O)C=C(Br)C(=O)C(Br)=C1. The Balaban J connectivity index is 3.09. The van der Waals surface area contributed by atoms with Gasteiger partial charge >= 0.3 is 0 Å². The van der Waals surface area contributed by atoms with Gasteiger partial charge in [0.15, 0.2) is 0 Å². The number of carbonyl (C=O) groups is 1. The van der Waals surface area contributed by atoms with E-state index in [-0.39, 0.29) is 11.7 Å². The zero-order valence-electron chi connectivity index (χ0n) is 8.05. The number of halogens is 2. The van der Waals surface area contributed by atoms with Crippen LogP contribution in [0.2, 0.25) is 0 Å². The first-order chi connectivity index (χ1) is 6.40. The summed E-state index contributed by atoms with van der Waals surface area (Å²) >= 11 is 6.30. The molecule has 4 heteroatoms. The summed E-state index contributed by atoms with van der Waals surface area (Å²) in [6, 6.07) is 0. The molecular weight excluding hydrogens is 312 g/mol. The van der Waals surface area contributed by atoms with Crippen LogP contribution in [0.25, 0.3) is 0 Å². The molecule has 0 saturated heterocycles. The molecule has 78 valence electrons. The average molecular weight is 324 g/mol. The van der Waals surface area contributed by atoms with Crippen LogP contribution in [0.15, 0.2) is 21.1 Å². The van der Waals surface area contributed by atoms with Gasteiger partial charge in [0, 0.05) is 0 Å². The number of Topliss-reactive ketones (excluding diaryl/α,β-unsaturated/α-hetero) is 1. The van der Waals surface area contributed by atoms with E-state index in [1.165, 1.54) is 0 Å². The van der Waals surface area contributed by atoms with Gasteiger partial charge in [-0.15, -0.1) is 0 Å². The summed E-state index contributed by atoms with van der Waals surface area (Å²) in [4.78, 5) is 11.4. The van der Waals surface area contributed by atoms with Gasteiger partial charge in [0.05, 0.1) is 8.96 Å². The maximum absolute atomic E-state index is 11.4. The van der Waals surface area contributed by atoms with E-state index in [4.69, 9.17) is 0 Å². The monoisotopic (exact) mass is 322 g/mol. The largest absolute Gasteiger partial charge is 0.381 e. The second-order valence-corrected chi connectivity index (χ2v) is 5.22. The molecule has 1 unspecified atom stereocenters. The minimum Gasteiger partial charge on any atom is -0.381 e. The van der Waals surface area contributed by atoms with E-state index < -0.39 is 5.60 Å². The maximum Gasteiger partial charge on any atom is 0.206 e. The van der Waals surface area contributed by atoms with Gasteiger partial charge in [0.2, 0.25) is 5.78 Å². The molecule has 1 N–H and O–H groups in total. The van der Waals surface area contributed by atoms with Crippen molar-refractivity contribution in [3.8, 4) is 0 Å². The molecular formula is C10H12Br2O2. The van der Waals surface area contributed by atoms with Crippen LogP contribution in [-0.4, -0.2) is 16.5 Å². The molecule has 0 aromatic carbocycles. The first-order valence-electron chi connectivity index (χ1n) is 4.44. The second kappa shape index (κ2) is 4.29. The fraction of sp³-hybridized carbons (Fsp3) is 0.500. The molecule has 1 rings (SSSR count). The fourth-order valence-electron chi connectivity index (χ4n) is 1.30. The topological polar surface area (TPSA) is 37.3 Å². The molecule has 0 aliphatic heterocycles. The van der Waals surface area contributed by atoms with Gasteiger partial charge in [-0.05, 0) is 49.9 Å². The Morgan fingerprint density at radius 2 is 1.86 bits per heavy atom. The highest BCUT2D eigenvalue weighted by molar-refractivity contribution is 9.13. The minimum absolute atomic E-state index is 0.0794. The third-order valence-electron chi connectivity index (χ3n) is 2.55. The van der Waals surface area contributed by atoms with Crippen LogP contribution in [0, 0.1) is 5.92 Å². The van der Waals surface area contributed by atoms with E-state index in [1.807, 2.05) is 13.8 Å². The highest BCUT2D eigenvalue weighted by Gasteiger charge is 2.34. The molecule has 1 atom stereocenters. The van der Waals surface area contributed by atoms with Gasteiger partial charge in [-0.1, -0.05) is 20.3 Å². The number of carbonyl (C=O) groups excluding carboxylic acids is 1. The van der Waals surface area contributed by atoms with E-state index in [1.54, 1.807) is 12.2 Å². The predicted molar refractivity (Wildman–Crippen MR) is 63.4 cm³/mol. The van der Waals surface area contributed by atoms with Gasteiger partial charge in [-0.25, -0.2) is 0 Å². The molecule has 0 saturated carbocycles. The normalized spacial score (nSPS) is 22.8. The Morgan fingerprint density at radius 3 is 2.21 bits per heavy atom.